The Kier molecular flexibility index (Phi) is 5.51. The molecule has 4 rings (SSSR count). The molecule has 2 heterocycles. The first-order valence-electron chi connectivity index (χ1n) is 9.77. The van der Waals surface area contributed by atoms with E-state index in [-0.39, 0.29) is 16.7 Å². The van der Waals surface area contributed by atoms with Crippen molar-refractivity contribution in [2.24, 2.45) is 5.92 Å². The maximum atomic E-state index is 13.1. The highest BCUT2D eigenvalue weighted by Gasteiger charge is 2.32. The molecule has 2 fully saturated rings. The summed E-state index contributed by atoms with van der Waals surface area (Å²) < 4.78 is 27.8. The molecule has 0 bridgehead atoms. The molecule has 0 unspecified atom stereocenters. The van der Waals surface area contributed by atoms with Crippen LogP contribution in [-0.2, 0) is 14.8 Å². The van der Waals surface area contributed by atoms with Crippen molar-refractivity contribution in [2.75, 3.05) is 37.2 Å². The van der Waals surface area contributed by atoms with Crippen molar-refractivity contribution >= 4 is 33.4 Å². The summed E-state index contributed by atoms with van der Waals surface area (Å²) in [4.78, 5) is 15.8. The maximum absolute atomic E-state index is 13.1. The van der Waals surface area contributed by atoms with Crippen LogP contribution in [0.25, 0.3) is 0 Å². The Bertz CT molecular complexity index is 813. The summed E-state index contributed by atoms with van der Waals surface area (Å²) >= 11 is 1.59. The molecule has 0 spiro atoms. The zero-order valence-corrected chi connectivity index (χ0v) is 17.3. The predicted octanol–water partition coefficient (Wildman–Crippen LogP) is 2.62. The zero-order valence-electron chi connectivity index (χ0n) is 15.7. The van der Waals surface area contributed by atoms with E-state index < -0.39 is 10.0 Å². The number of nitrogens with zero attached hydrogens (tertiary/aromatic N) is 2. The molecular weight excluding hydrogens is 382 g/mol. The van der Waals surface area contributed by atoms with E-state index in [9.17, 15) is 13.2 Å². The van der Waals surface area contributed by atoms with E-state index in [1.165, 1.54) is 25.7 Å². The lowest BCUT2D eigenvalue weighted by Gasteiger charge is -2.37. The number of sulfonamides is 1. The number of nitrogens with one attached hydrogen (secondary N) is 1. The molecule has 148 valence electrons. The molecule has 1 atom stereocenters. The average molecular weight is 410 g/mol. The Morgan fingerprint density at radius 2 is 1.81 bits per heavy atom. The third kappa shape index (κ3) is 3.90. The van der Waals surface area contributed by atoms with Crippen LogP contribution in [-0.4, -0.2) is 61.5 Å². The van der Waals surface area contributed by atoms with Gasteiger partial charge in [-0.3, -0.25) is 9.69 Å². The molecule has 1 saturated carbocycles. The van der Waals surface area contributed by atoms with Gasteiger partial charge >= 0.3 is 0 Å². The molecule has 1 N–H and O–H groups in total. The molecule has 27 heavy (non-hydrogen) atoms. The molecular formula is C19H27N3O3S2. The Morgan fingerprint density at radius 1 is 1.11 bits per heavy atom. The van der Waals surface area contributed by atoms with Gasteiger partial charge in [-0.1, -0.05) is 19.8 Å². The van der Waals surface area contributed by atoms with E-state index in [0.717, 1.165) is 18.0 Å². The molecule has 0 radical (unpaired) electrons. The van der Waals surface area contributed by atoms with Gasteiger partial charge in [-0.25, -0.2) is 8.42 Å². The van der Waals surface area contributed by atoms with Crippen LogP contribution in [0.15, 0.2) is 28.0 Å². The van der Waals surface area contributed by atoms with Gasteiger partial charge in [0.2, 0.25) is 15.9 Å². The van der Waals surface area contributed by atoms with Crippen LogP contribution in [0.4, 0.5) is 5.69 Å². The van der Waals surface area contributed by atoms with E-state index in [0.29, 0.717) is 30.6 Å². The molecule has 0 aromatic heterocycles. The maximum Gasteiger partial charge on any atom is 0.243 e. The fourth-order valence-electron chi connectivity index (χ4n) is 4.17. The topological polar surface area (TPSA) is 69.7 Å². The minimum absolute atomic E-state index is 0.0547. The molecule has 6 nitrogen and oxygen atoms in total. The van der Waals surface area contributed by atoms with Gasteiger partial charge < -0.3 is 5.32 Å². The molecule has 8 heteroatoms. The average Bonchev–Trinajstić information content (AvgIpc) is 3.17. The van der Waals surface area contributed by atoms with Crippen LogP contribution in [0.2, 0.25) is 0 Å². The Morgan fingerprint density at radius 3 is 2.52 bits per heavy atom. The summed E-state index contributed by atoms with van der Waals surface area (Å²) in [6.07, 6.45) is 5.07. The predicted molar refractivity (Wildman–Crippen MR) is 108 cm³/mol. The second-order valence-corrected chi connectivity index (χ2v) is 10.7. The monoisotopic (exact) mass is 409 g/mol. The second-order valence-electron chi connectivity index (χ2n) is 7.74. The van der Waals surface area contributed by atoms with Gasteiger partial charge in [0, 0.05) is 48.8 Å². The number of thioether (sulfide) groups is 1. The first-order chi connectivity index (χ1) is 12.9. The van der Waals surface area contributed by atoms with Gasteiger partial charge in [0.1, 0.15) is 0 Å². The van der Waals surface area contributed by atoms with Crippen molar-refractivity contribution in [1.29, 1.82) is 0 Å². The fourth-order valence-corrected chi connectivity index (χ4v) is 6.63. The van der Waals surface area contributed by atoms with Gasteiger partial charge in [-0.15, -0.1) is 11.8 Å². The smallest absolute Gasteiger partial charge is 0.243 e. The van der Waals surface area contributed by atoms with Crippen molar-refractivity contribution in [2.45, 2.75) is 48.4 Å². The van der Waals surface area contributed by atoms with Gasteiger partial charge in [0.05, 0.1) is 10.6 Å². The minimum Gasteiger partial charge on any atom is -0.325 e. The number of rotatable bonds is 3. The number of hydrogen-bond donors (Lipinski definition) is 1. The Balaban J connectivity index is 1.49. The van der Waals surface area contributed by atoms with Gasteiger partial charge in [-0.05, 0) is 31.0 Å². The number of carbonyl (C=O) groups is 1. The second kappa shape index (κ2) is 7.73. The molecule has 1 saturated heterocycles. The lowest BCUT2D eigenvalue weighted by atomic mass is 10.2. The summed E-state index contributed by atoms with van der Waals surface area (Å²) in [6.45, 7) is 4.57. The number of carbonyl (C=O) groups excluding carboxylic acids is 1. The summed E-state index contributed by atoms with van der Waals surface area (Å²) in [5.41, 5.74) is 0.611. The van der Waals surface area contributed by atoms with Crippen LogP contribution in [0.5, 0.6) is 0 Å². The molecule has 2 aliphatic heterocycles. The van der Waals surface area contributed by atoms with Crippen LogP contribution >= 0.6 is 11.8 Å². The van der Waals surface area contributed by atoms with Crippen molar-refractivity contribution in [3.63, 3.8) is 0 Å². The summed E-state index contributed by atoms with van der Waals surface area (Å²) in [5.74, 6) is 0.556. The van der Waals surface area contributed by atoms with E-state index in [1.54, 1.807) is 28.2 Å². The zero-order chi connectivity index (χ0) is 19.0. The van der Waals surface area contributed by atoms with Crippen molar-refractivity contribution < 1.29 is 13.2 Å². The van der Waals surface area contributed by atoms with Crippen molar-refractivity contribution in [3.8, 4) is 0 Å². The SMILES string of the molecule is C[C@H]1CSc2ccc(S(=O)(=O)N3CCN(C4CCCC4)CC3)cc2NC1=O. The number of hydrogen-bond acceptors (Lipinski definition) is 5. The Hall–Kier alpha value is -1.09. The fraction of sp³-hybridized carbons (Fsp3) is 0.632. The minimum atomic E-state index is -3.54. The number of benzene rings is 1. The summed E-state index contributed by atoms with van der Waals surface area (Å²) in [7, 11) is -3.54. The van der Waals surface area contributed by atoms with Crippen LogP contribution in [0, 0.1) is 5.92 Å². The Labute approximate surface area is 165 Å². The van der Waals surface area contributed by atoms with Crippen LogP contribution < -0.4 is 5.32 Å². The van der Waals surface area contributed by atoms with E-state index in [4.69, 9.17) is 0 Å². The molecule has 1 aromatic rings. The molecule has 1 amide bonds. The molecule has 3 aliphatic rings. The highest BCUT2D eigenvalue weighted by Crippen LogP contribution is 2.35. The van der Waals surface area contributed by atoms with Gasteiger partial charge in [0.25, 0.3) is 0 Å². The lowest BCUT2D eigenvalue weighted by Crippen LogP contribution is -2.51. The highest BCUT2D eigenvalue weighted by atomic mass is 32.2. The number of amides is 1. The van der Waals surface area contributed by atoms with E-state index >= 15 is 0 Å². The summed E-state index contributed by atoms with van der Waals surface area (Å²) in [6, 6.07) is 5.75. The third-order valence-corrected chi connectivity index (χ3v) is 9.13. The van der Waals surface area contributed by atoms with Gasteiger partial charge in [0.15, 0.2) is 0 Å². The number of anilines is 1. The van der Waals surface area contributed by atoms with E-state index in [2.05, 4.69) is 10.2 Å². The van der Waals surface area contributed by atoms with Crippen molar-refractivity contribution in [1.82, 2.24) is 9.21 Å². The van der Waals surface area contributed by atoms with Crippen LogP contribution in [0.3, 0.4) is 0 Å². The quantitative estimate of drug-likeness (QED) is 0.831. The highest BCUT2D eigenvalue weighted by molar-refractivity contribution is 7.99. The standard InChI is InChI=1S/C19H27N3O3S2/c1-14-13-26-18-7-6-16(12-17(18)20-19(14)23)27(24,25)22-10-8-21(9-11-22)15-4-2-3-5-15/h6-7,12,14-15H,2-5,8-11,13H2,1H3,(H,20,23)/t14-/m0/s1. The van der Waals surface area contributed by atoms with E-state index in [1.807, 2.05) is 13.0 Å². The molecule has 1 aromatic carbocycles. The van der Waals surface area contributed by atoms with Crippen LogP contribution in [0.1, 0.15) is 32.6 Å². The number of piperazine rings is 1. The van der Waals surface area contributed by atoms with Gasteiger partial charge in [-0.2, -0.15) is 4.31 Å². The summed E-state index contributed by atoms with van der Waals surface area (Å²) in [5, 5.41) is 2.88. The normalized spacial score (nSPS) is 25.8. The lowest BCUT2D eigenvalue weighted by molar-refractivity contribution is -0.118. The first kappa shape index (κ1) is 19.2. The molecule has 1 aliphatic carbocycles. The third-order valence-electron chi connectivity index (χ3n) is 5.90. The van der Waals surface area contributed by atoms with Crippen molar-refractivity contribution in [3.05, 3.63) is 18.2 Å². The number of fused-ring (bicyclic) bond motifs is 1. The largest absolute Gasteiger partial charge is 0.325 e. The first-order valence-corrected chi connectivity index (χ1v) is 12.2.